The van der Waals surface area contributed by atoms with Gasteiger partial charge < -0.3 is 5.32 Å². The molecule has 0 saturated heterocycles. The Hall–Kier alpha value is -0.130. The zero-order chi connectivity index (χ0) is 13.1. The van der Waals surface area contributed by atoms with Gasteiger partial charge in [0.2, 0.25) is 0 Å². The zero-order valence-electron chi connectivity index (χ0n) is 11.6. The summed E-state index contributed by atoms with van der Waals surface area (Å²) in [7, 11) is 2.08. The van der Waals surface area contributed by atoms with Crippen molar-refractivity contribution >= 4 is 23.3 Å². The van der Waals surface area contributed by atoms with E-state index in [2.05, 4.69) is 42.5 Å². The van der Waals surface area contributed by atoms with Crippen LogP contribution in [0.5, 0.6) is 0 Å². The number of aromatic nitrogens is 2. The molecule has 0 amide bonds. The van der Waals surface area contributed by atoms with E-state index in [1.807, 2.05) is 11.8 Å². The molecule has 2 rings (SSSR count). The number of rotatable bonds is 4. The Morgan fingerprint density at radius 3 is 2.78 bits per heavy atom. The van der Waals surface area contributed by atoms with Crippen LogP contribution >= 0.6 is 23.3 Å². The van der Waals surface area contributed by atoms with E-state index in [0.717, 1.165) is 28.4 Å². The molecule has 0 aromatic carbocycles. The third kappa shape index (κ3) is 3.25. The molecule has 102 valence electrons. The zero-order valence-corrected chi connectivity index (χ0v) is 13.3. The Labute approximate surface area is 118 Å². The molecular formula is C13H23N3S2. The highest BCUT2D eigenvalue weighted by molar-refractivity contribution is 8.01. The molecule has 0 radical (unpaired) electrons. The molecule has 1 saturated carbocycles. The van der Waals surface area contributed by atoms with Gasteiger partial charge in [-0.2, -0.15) is 4.37 Å². The quantitative estimate of drug-likeness (QED) is 0.922. The first kappa shape index (κ1) is 14.3. The van der Waals surface area contributed by atoms with Crippen molar-refractivity contribution in [2.45, 2.75) is 55.7 Å². The molecule has 5 heteroatoms. The summed E-state index contributed by atoms with van der Waals surface area (Å²) in [6.45, 7) is 6.85. The summed E-state index contributed by atoms with van der Waals surface area (Å²) in [5.41, 5.74) is 0. The van der Waals surface area contributed by atoms with E-state index in [0.29, 0.717) is 11.3 Å². The van der Waals surface area contributed by atoms with Gasteiger partial charge in [0.1, 0.15) is 5.82 Å². The molecule has 0 bridgehead atoms. The molecule has 1 N–H and O–H groups in total. The lowest BCUT2D eigenvalue weighted by molar-refractivity contribution is 0.257. The second-order valence-corrected chi connectivity index (χ2v) is 7.54. The standard InChI is InChI=1S/C13H23N3S2/c1-5-11-15-13(18-16-11)17-12-9(3)6-8(2)7-10(12)14-4/h8-10,12,14H,5-7H2,1-4H3. The van der Waals surface area contributed by atoms with Crippen LogP contribution in [-0.4, -0.2) is 27.7 Å². The maximum absolute atomic E-state index is 4.59. The van der Waals surface area contributed by atoms with E-state index in [1.54, 1.807) is 11.5 Å². The molecule has 1 heterocycles. The van der Waals surface area contributed by atoms with E-state index >= 15 is 0 Å². The van der Waals surface area contributed by atoms with Gasteiger partial charge in [-0.15, -0.1) is 0 Å². The lowest BCUT2D eigenvalue weighted by Gasteiger charge is -2.38. The van der Waals surface area contributed by atoms with Gasteiger partial charge in [0.15, 0.2) is 4.34 Å². The summed E-state index contributed by atoms with van der Waals surface area (Å²) in [6, 6.07) is 0.600. The summed E-state index contributed by atoms with van der Waals surface area (Å²) in [6.07, 6.45) is 3.54. The van der Waals surface area contributed by atoms with Crippen LogP contribution in [0.3, 0.4) is 0 Å². The normalized spacial score (nSPS) is 32.7. The Morgan fingerprint density at radius 2 is 2.17 bits per heavy atom. The Kier molecular flexibility index (Phi) is 5.04. The van der Waals surface area contributed by atoms with Crippen LogP contribution in [0.1, 0.15) is 39.4 Å². The largest absolute Gasteiger partial charge is 0.316 e. The van der Waals surface area contributed by atoms with Gasteiger partial charge in [0, 0.05) is 17.7 Å². The average molecular weight is 285 g/mol. The summed E-state index contributed by atoms with van der Waals surface area (Å²) < 4.78 is 5.52. The maximum atomic E-state index is 4.59. The molecule has 4 unspecified atom stereocenters. The van der Waals surface area contributed by atoms with E-state index in [1.165, 1.54) is 12.8 Å². The second kappa shape index (κ2) is 6.35. The Bertz CT molecular complexity index is 380. The third-order valence-corrected chi connectivity index (χ3v) is 6.18. The molecule has 0 aliphatic heterocycles. The predicted molar refractivity (Wildman–Crippen MR) is 79.3 cm³/mol. The van der Waals surface area contributed by atoms with Gasteiger partial charge >= 0.3 is 0 Å². The summed E-state index contributed by atoms with van der Waals surface area (Å²) in [5, 5.41) is 4.12. The fourth-order valence-electron chi connectivity index (χ4n) is 2.86. The van der Waals surface area contributed by atoms with Crippen LogP contribution in [0.4, 0.5) is 0 Å². The third-order valence-electron chi connectivity index (χ3n) is 3.76. The van der Waals surface area contributed by atoms with Gasteiger partial charge in [-0.05, 0) is 43.3 Å². The van der Waals surface area contributed by atoms with E-state index < -0.39 is 0 Å². The van der Waals surface area contributed by atoms with E-state index in [-0.39, 0.29) is 0 Å². The first-order valence-corrected chi connectivity index (χ1v) is 8.45. The van der Waals surface area contributed by atoms with Crippen LogP contribution in [0.15, 0.2) is 4.34 Å². The summed E-state index contributed by atoms with van der Waals surface area (Å²) in [4.78, 5) is 4.59. The molecule has 1 aliphatic rings. The van der Waals surface area contributed by atoms with Crippen molar-refractivity contribution in [1.29, 1.82) is 0 Å². The number of thioether (sulfide) groups is 1. The fourth-order valence-corrected chi connectivity index (χ4v) is 5.12. The molecule has 1 aromatic rings. The van der Waals surface area contributed by atoms with Crippen molar-refractivity contribution in [2.24, 2.45) is 11.8 Å². The van der Waals surface area contributed by atoms with Crippen LogP contribution in [0, 0.1) is 11.8 Å². The lowest BCUT2D eigenvalue weighted by Crippen LogP contribution is -2.44. The highest BCUT2D eigenvalue weighted by Gasteiger charge is 2.34. The minimum absolute atomic E-state index is 0.600. The number of nitrogens with zero attached hydrogens (tertiary/aromatic N) is 2. The van der Waals surface area contributed by atoms with Gasteiger partial charge in [-0.1, -0.05) is 32.5 Å². The number of hydrogen-bond donors (Lipinski definition) is 1. The van der Waals surface area contributed by atoms with Crippen molar-refractivity contribution in [3.8, 4) is 0 Å². The molecule has 3 nitrogen and oxygen atoms in total. The first-order valence-electron chi connectivity index (χ1n) is 6.80. The average Bonchev–Trinajstić information content (AvgIpc) is 2.80. The topological polar surface area (TPSA) is 37.8 Å². The second-order valence-electron chi connectivity index (χ2n) is 5.36. The van der Waals surface area contributed by atoms with Crippen molar-refractivity contribution < 1.29 is 0 Å². The van der Waals surface area contributed by atoms with Crippen LogP contribution in [0.2, 0.25) is 0 Å². The van der Waals surface area contributed by atoms with E-state index in [9.17, 15) is 0 Å². The van der Waals surface area contributed by atoms with Crippen LogP contribution < -0.4 is 5.32 Å². The van der Waals surface area contributed by atoms with Crippen LogP contribution in [-0.2, 0) is 6.42 Å². The first-order chi connectivity index (χ1) is 8.63. The van der Waals surface area contributed by atoms with Crippen molar-refractivity contribution in [3.63, 3.8) is 0 Å². The Balaban J connectivity index is 2.05. The van der Waals surface area contributed by atoms with E-state index in [4.69, 9.17) is 0 Å². The minimum Gasteiger partial charge on any atom is -0.316 e. The van der Waals surface area contributed by atoms with Gasteiger partial charge in [0.25, 0.3) is 0 Å². The smallest absolute Gasteiger partial charge is 0.170 e. The highest BCUT2D eigenvalue weighted by atomic mass is 32.2. The fraction of sp³-hybridized carbons (Fsp3) is 0.846. The molecule has 1 fully saturated rings. The SMILES string of the molecule is CCc1nsc(SC2C(C)CC(C)CC2NC)n1. The molecule has 4 atom stereocenters. The molecule has 18 heavy (non-hydrogen) atoms. The molecular weight excluding hydrogens is 262 g/mol. The number of hydrogen-bond acceptors (Lipinski definition) is 5. The van der Waals surface area contributed by atoms with Gasteiger partial charge in [-0.25, -0.2) is 4.98 Å². The number of aryl methyl sites for hydroxylation is 1. The lowest BCUT2D eigenvalue weighted by atomic mass is 9.80. The van der Waals surface area contributed by atoms with Gasteiger partial charge in [-0.3, -0.25) is 0 Å². The highest BCUT2D eigenvalue weighted by Crippen LogP contribution is 2.40. The summed E-state index contributed by atoms with van der Waals surface area (Å²) >= 11 is 3.48. The molecule has 1 aromatic heterocycles. The maximum Gasteiger partial charge on any atom is 0.170 e. The number of nitrogens with one attached hydrogen (secondary N) is 1. The van der Waals surface area contributed by atoms with Gasteiger partial charge in [0.05, 0.1) is 0 Å². The minimum atomic E-state index is 0.600. The van der Waals surface area contributed by atoms with Crippen molar-refractivity contribution in [2.75, 3.05) is 7.05 Å². The van der Waals surface area contributed by atoms with Crippen LogP contribution in [0.25, 0.3) is 0 Å². The van der Waals surface area contributed by atoms with Crippen molar-refractivity contribution in [1.82, 2.24) is 14.7 Å². The molecule has 0 spiro atoms. The monoisotopic (exact) mass is 285 g/mol. The Morgan fingerprint density at radius 1 is 1.39 bits per heavy atom. The summed E-state index contributed by atoms with van der Waals surface area (Å²) in [5.74, 6) is 2.56. The van der Waals surface area contributed by atoms with Crippen molar-refractivity contribution in [3.05, 3.63) is 5.82 Å². The molecule has 1 aliphatic carbocycles. The predicted octanol–water partition coefficient (Wildman–Crippen LogP) is 3.22.